The van der Waals surface area contributed by atoms with Crippen molar-refractivity contribution in [2.45, 2.75) is 31.8 Å². The molecule has 0 radical (unpaired) electrons. The summed E-state index contributed by atoms with van der Waals surface area (Å²) in [5.74, 6) is 2.23. The van der Waals surface area contributed by atoms with Crippen LogP contribution in [0.2, 0.25) is 0 Å². The lowest BCUT2D eigenvalue weighted by atomic mass is 9.92. The monoisotopic (exact) mass is 365 g/mol. The fourth-order valence-electron chi connectivity index (χ4n) is 3.60. The number of nitrogens with zero attached hydrogens (tertiary/aromatic N) is 4. The number of benzene rings is 2. The number of anilines is 1. The third-order valence-electron chi connectivity index (χ3n) is 5.14. The van der Waals surface area contributed by atoms with Crippen molar-refractivity contribution in [2.24, 2.45) is 0 Å². The van der Waals surface area contributed by atoms with Crippen LogP contribution in [-0.4, -0.2) is 34.4 Å². The van der Waals surface area contributed by atoms with E-state index in [1.54, 1.807) is 14.2 Å². The summed E-state index contributed by atoms with van der Waals surface area (Å²) in [5, 5.41) is 15.7. The van der Waals surface area contributed by atoms with Gasteiger partial charge in [0.05, 0.1) is 26.3 Å². The van der Waals surface area contributed by atoms with Gasteiger partial charge in [0, 0.05) is 5.56 Å². The maximum Gasteiger partial charge on any atom is 0.243 e. The van der Waals surface area contributed by atoms with Gasteiger partial charge in [-0.1, -0.05) is 36.3 Å². The summed E-state index contributed by atoms with van der Waals surface area (Å²) in [7, 11) is 3.34. The molecule has 1 N–H and O–H groups in total. The number of rotatable bonds is 5. The number of ether oxygens (including phenoxy) is 2. The molecule has 7 heteroatoms. The summed E-state index contributed by atoms with van der Waals surface area (Å²) in [6.45, 7) is 2.16. The van der Waals surface area contributed by atoms with Gasteiger partial charge in [-0.3, -0.25) is 0 Å². The molecular formula is C20H23N5O2. The highest BCUT2D eigenvalue weighted by molar-refractivity contribution is 5.46. The van der Waals surface area contributed by atoms with Crippen LogP contribution in [0.1, 0.15) is 42.1 Å². The zero-order valence-electron chi connectivity index (χ0n) is 15.7. The molecule has 7 nitrogen and oxygen atoms in total. The summed E-state index contributed by atoms with van der Waals surface area (Å²) in [5.41, 5.74) is 3.54. The standard InChI is InChI=1S/C20H23N5O2/c1-4-13-5-7-14(8-6-13)17-12-18(25-20(21-17)22-23-24-25)16-11-15(26-2)9-10-19(16)27-3/h5-11,17-18H,4,12H2,1-3H3,(H,21,22,24). The maximum absolute atomic E-state index is 5.60. The Morgan fingerprint density at radius 3 is 2.63 bits per heavy atom. The molecular weight excluding hydrogens is 342 g/mol. The predicted molar refractivity (Wildman–Crippen MR) is 102 cm³/mol. The normalized spacial score (nSPS) is 18.5. The largest absolute Gasteiger partial charge is 0.497 e. The quantitative estimate of drug-likeness (QED) is 0.747. The average molecular weight is 365 g/mol. The van der Waals surface area contributed by atoms with E-state index in [1.807, 2.05) is 22.9 Å². The molecule has 3 aromatic rings. The number of hydrogen-bond donors (Lipinski definition) is 1. The van der Waals surface area contributed by atoms with Gasteiger partial charge in [0.15, 0.2) is 0 Å². The van der Waals surface area contributed by atoms with Crippen LogP contribution in [-0.2, 0) is 6.42 Å². The number of fused-ring (bicyclic) bond motifs is 1. The molecule has 1 aliphatic heterocycles. The molecule has 0 fully saturated rings. The van der Waals surface area contributed by atoms with Crippen molar-refractivity contribution in [2.75, 3.05) is 19.5 Å². The van der Waals surface area contributed by atoms with Crippen LogP contribution < -0.4 is 14.8 Å². The lowest BCUT2D eigenvalue weighted by Crippen LogP contribution is -2.28. The molecule has 0 saturated carbocycles. The lowest BCUT2D eigenvalue weighted by Gasteiger charge is -2.31. The van der Waals surface area contributed by atoms with E-state index < -0.39 is 0 Å². The van der Waals surface area contributed by atoms with Gasteiger partial charge in [-0.2, -0.15) is 0 Å². The fraction of sp³-hybridized carbons (Fsp3) is 0.350. The molecule has 0 amide bonds. The smallest absolute Gasteiger partial charge is 0.243 e. The maximum atomic E-state index is 5.60. The summed E-state index contributed by atoms with van der Waals surface area (Å²) >= 11 is 0. The fourth-order valence-corrected chi connectivity index (χ4v) is 3.60. The van der Waals surface area contributed by atoms with Gasteiger partial charge in [-0.15, -0.1) is 0 Å². The van der Waals surface area contributed by atoms with Crippen molar-refractivity contribution < 1.29 is 9.47 Å². The number of tetrazole rings is 1. The number of aryl methyl sites for hydroxylation is 1. The highest BCUT2D eigenvalue weighted by Gasteiger charge is 2.32. The Bertz CT molecular complexity index is 922. The molecule has 2 atom stereocenters. The Balaban J connectivity index is 1.74. The van der Waals surface area contributed by atoms with Gasteiger partial charge in [0.25, 0.3) is 0 Å². The predicted octanol–water partition coefficient (Wildman–Crippen LogP) is 3.40. The Kier molecular flexibility index (Phi) is 4.66. The van der Waals surface area contributed by atoms with Gasteiger partial charge in [-0.05, 0) is 52.6 Å². The first-order valence-corrected chi connectivity index (χ1v) is 9.08. The Labute approximate surface area is 158 Å². The molecule has 0 aliphatic carbocycles. The molecule has 2 heterocycles. The first-order chi connectivity index (χ1) is 13.2. The van der Waals surface area contributed by atoms with Crippen molar-refractivity contribution in [1.82, 2.24) is 20.2 Å². The van der Waals surface area contributed by atoms with Crippen LogP contribution in [0.4, 0.5) is 5.95 Å². The number of methoxy groups -OCH3 is 2. The van der Waals surface area contributed by atoms with Gasteiger partial charge in [0.2, 0.25) is 5.95 Å². The Hall–Kier alpha value is -3.09. The molecule has 2 aromatic carbocycles. The van der Waals surface area contributed by atoms with Crippen LogP contribution in [0.15, 0.2) is 42.5 Å². The number of hydrogen-bond acceptors (Lipinski definition) is 6. The van der Waals surface area contributed by atoms with E-state index in [0.717, 1.165) is 29.9 Å². The average Bonchev–Trinajstić information content (AvgIpc) is 3.21. The molecule has 0 bridgehead atoms. The minimum atomic E-state index is -0.0582. The summed E-state index contributed by atoms with van der Waals surface area (Å²) in [6.07, 6.45) is 1.83. The van der Waals surface area contributed by atoms with E-state index in [0.29, 0.717) is 5.95 Å². The first-order valence-electron chi connectivity index (χ1n) is 9.08. The second kappa shape index (κ2) is 7.26. The van der Waals surface area contributed by atoms with Gasteiger partial charge in [-0.25, -0.2) is 4.68 Å². The van der Waals surface area contributed by atoms with Crippen molar-refractivity contribution in [3.8, 4) is 11.5 Å². The molecule has 1 aromatic heterocycles. The van der Waals surface area contributed by atoms with Gasteiger partial charge >= 0.3 is 0 Å². The van der Waals surface area contributed by atoms with Crippen LogP contribution in [0, 0.1) is 0 Å². The van der Waals surface area contributed by atoms with Crippen molar-refractivity contribution in [3.05, 3.63) is 59.2 Å². The van der Waals surface area contributed by atoms with E-state index >= 15 is 0 Å². The third kappa shape index (κ3) is 3.20. The first kappa shape index (κ1) is 17.3. The van der Waals surface area contributed by atoms with Crippen LogP contribution in [0.5, 0.6) is 11.5 Å². The second-order valence-corrected chi connectivity index (χ2v) is 6.60. The Morgan fingerprint density at radius 1 is 1.11 bits per heavy atom. The van der Waals surface area contributed by atoms with E-state index in [2.05, 4.69) is 52.0 Å². The van der Waals surface area contributed by atoms with E-state index in [4.69, 9.17) is 9.47 Å². The molecule has 140 valence electrons. The number of aromatic nitrogens is 4. The zero-order chi connectivity index (χ0) is 18.8. The molecule has 0 spiro atoms. The molecule has 0 saturated heterocycles. The van der Waals surface area contributed by atoms with E-state index in [9.17, 15) is 0 Å². The number of nitrogens with one attached hydrogen (secondary N) is 1. The summed E-state index contributed by atoms with van der Waals surface area (Å²) in [6, 6.07) is 14.6. The van der Waals surface area contributed by atoms with Crippen LogP contribution in [0.25, 0.3) is 0 Å². The van der Waals surface area contributed by atoms with Crippen molar-refractivity contribution >= 4 is 5.95 Å². The van der Waals surface area contributed by atoms with Crippen molar-refractivity contribution in [3.63, 3.8) is 0 Å². The minimum Gasteiger partial charge on any atom is -0.497 e. The highest BCUT2D eigenvalue weighted by atomic mass is 16.5. The third-order valence-corrected chi connectivity index (χ3v) is 5.14. The van der Waals surface area contributed by atoms with Gasteiger partial charge in [0.1, 0.15) is 11.5 Å². The SMILES string of the molecule is CCc1ccc(C2CC(c3cc(OC)ccc3OC)n3nnnc3N2)cc1. The Morgan fingerprint density at radius 2 is 1.93 bits per heavy atom. The zero-order valence-corrected chi connectivity index (χ0v) is 15.7. The summed E-state index contributed by atoms with van der Waals surface area (Å²) < 4.78 is 12.8. The molecule has 27 heavy (non-hydrogen) atoms. The summed E-state index contributed by atoms with van der Waals surface area (Å²) in [4.78, 5) is 0. The molecule has 4 rings (SSSR count). The molecule has 1 aliphatic rings. The minimum absolute atomic E-state index is 0.0582. The van der Waals surface area contributed by atoms with Gasteiger partial charge < -0.3 is 14.8 Å². The van der Waals surface area contributed by atoms with Crippen LogP contribution >= 0.6 is 0 Å². The van der Waals surface area contributed by atoms with Crippen LogP contribution in [0.3, 0.4) is 0 Å². The topological polar surface area (TPSA) is 74.1 Å². The highest BCUT2D eigenvalue weighted by Crippen LogP contribution is 2.41. The lowest BCUT2D eigenvalue weighted by molar-refractivity contribution is 0.371. The molecule has 2 unspecified atom stereocenters. The van der Waals surface area contributed by atoms with E-state index in [-0.39, 0.29) is 12.1 Å². The second-order valence-electron chi connectivity index (χ2n) is 6.60. The van der Waals surface area contributed by atoms with Crippen molar-refractivity contribution in [1.29, 1.82) is 0 Å². The van der Waals surface area contributed by atoms with E-state index in [1.165, 1.54) is 11.1 Å².